The molecule has 0 bridgehead atoms. The Bertz CT molecular complexity index is 630. The second-order valence-electron chi connectivity index (χ2n) is 6.64. The summed E-state index contributed by atoms with van der Waals surface area (Å²) >= 11 is 0. The van der Waals surface area contributed by atoms with Gasteiger partial charge in [-0.3, -0.25) is 14.9 Å². The Morgan fingerprint density at radius 2 is 2.16 bits per heavy atom. The zero-order valence-electron chi connectivity index (χ0n) is 14.7. The fourth-order valence-corrected chi connectivity index (χ4v) is 2.36. The van der Waals surface area contributed by atoms with E-state index in [1.54, 1.807) is 20.8 Å². The monoisotopic (exact) mass is 350 g/mol. The van der Waals surface area contributed by atoms with Gasteiger partial charge in [0, 0.05) is 17.7 Å². The first-order chi connectivity index (χ1) is 11.7. The molecule has 0 aromatic heterocycles. The van der Waals surface area contributed by atoms with E-state index in [1.165, 1.54) is 18.2 Å². The maximum absolute atomic E-state index is 12.0. The molecule has 0 radical (unpaired) electrons. The topological polar surface area (TPSA) is 119 Å². The zero-order valence-corrected chi connectivity index (χ0v) is 14.7. The fourth-order valence-electron chi connectivity index (χ4n) is 2.36. The highest BCUT2D eigenvalue weighted by Gasteiger charge is 2.23. The molecule has 0 saturated carbocycles. The number of carbonyl (C=O) groups is 2. The van der Waals surface area contributed by atoms with Crippen molar-refractivity contribution in [2.75, 3.05) is 0 Å². The van der Waals surface area contributed by atoms with E-state index in [9.17, 15) is 24.8 Å². The SMILES string of the molecule is CC(C)(C)OC(=O)C[C@H](Cc1cc(CO)ccc1[N+](=O)[O-])NBC=O. The van der Waals surface area contributed by atoms with Crippen molar-refractivity contribution in [1.29, 1.82) is 0 Å². The molecule has 2 N–H and O–H groups in total. The van der Waals surface area contributed by atoms with Crippen LogP contribution < -0.4 is 5.23 Å². The molecular formula is C16H23BN2O6. The largest absolute Gasteiger partial charge is 0.460 e. The first-order valence-corrected chi connectivity index (χ1v) is 7.92. The van der Waals surface area contributed by atoms with Crippen LogP contribution >= 0.6 is 0 Å². The standard InChI is InChI=1S/C16H23BN2O6/c1-16(2,3)25-15(22)8-13(18-17-10-21)7-12-6-11(9-20)4-5-14(12)19(23)24/h4-6,10,13,17-18,20H,7-9H2,1-3H3/t13-/m0/s1. The van der Waals surface area contributed by atoms with E-state index in [-0.39, 0.29) is 32.6 Å². The second-order valence-corrected chi connectivity index (χ2v) is 6.64. The molecule has 136 valence electrons. The van der Waals surface area contributed by atoms with Gasteiger partial charge in [-0.15, -0.1) is 0 Å². The minimum absolute atomic E-state index is 0.0148. The third-order valence-corrected chi connectivity index (χ3v) is 3.31. The summed E-state index contributed by atoms with van der Waals surface area (Å²) < 4.78 is 5.27. The fraction of sp³-hybridized carbons (Fsp3) is 0.500. The minimum Gasteiger partial charge on any atom is -0.460 e. The number of nitrogens with one attached hydrogen (secondary N) is 1. The van der Waals surface area contributed by atoms with Crippen LogP contribution in [0.15, 0.2) is 18.2 Å². The lowest BCUT2D eigenvalue weighted by Crippen LogP contribution is -2.38. The average molecular weight is 350 g/mol. The molecule has 0 spiro atoms. The number of carbonyl (C=O) groups excluding carboxylic acids is 2. The number of benzene rings is 1. The molecule has 0 aliphatic rings. The van der Waals surface area contributed by atoms with E-state index >= 15 is 0 Å². The Hall–Kier alpha value is -2.26. The highest BCUT2D eigenvalue weighted by atomic mass is 16.6. The summed E-state index contributed by atoms with van der Waals surface area (Å²) in [6, 6.07) is 3.82. The molecule has 8 nitrogen and oxygen atoms in total. The number of esters is 1. The lowest BCUT2D eigenvalue weighted by atomic mass is 9.92. The Morgan fingerprint density at radius 3 is 2.68 bits per heavy atom. The quantitative estimate of drug-likeness (QED) is 0.223. The van der Waals surface area contributed by atoms with Crippen LogP contribution in [0.1, 0.15) is 38.3 Å². The van der Waals surface area contributed by atoms with Gasteiger partial charge in [0.1, 0.15) is 5.60 Å². The first kappa shape index (κ1) is 20.8. The van der Waals surface area contributed by atoms with E-state index in [1.807, 2.05) is 0 Å². The number of ether oxygens (including phenoxy) is 1. The second kappa shape index (κ2) is 9.29. The predicted octanol–water partition coefficient (Wildman–Crippen LogP) is 0.861. The van der Waals surface area contributed by atoms with Crippen LogP contribution in [0, 0.1) is 10.1 Å². The Balaban J connectivity index is 2.99. The van der Waals surface area contributed by atoms with Gasteiger partial charge in [0.25, 0.3) is 13.1 Å². The molecule has 1 aromatic carbocycles. The number of nitro benzene ring substituents is 1. The molecule has 9 heteroatoms. The van der Waals surface area contributed by atoms with Crippen LogP contribution in [-0.4, -0.2) is 41.2 Å². The van der Waals surface area contributed by atoms with Gasteiger partial charge in [-0.2, -0.15) is 0 Å². The summed E-state index contributed by atoms with van der Waals surface area (Å²) in [5.41, 5.74) is 0.171. The molecule has 0 aliphatic heterocycles. The third kappa shape index (κ3) is 7.44. The number of aliphatic hydroxyl groups excluding tert-OH is 1. The molecule has 0 heterocycles. The summed E-state index contributed by atoms with van der Waals surface area (Å²) in [6.45, 7) is 4.99. The van der Waals surface area contributed by atoms with Gasteiger partial charge in [-0.1, -0.05) is 0 Å². The minimum atomic E-state index is -0.644. The van der Waals surface area contributed by atoms with Crippen LogP contribution in [0.4, 0.5) is 5.69 Å². The summed E-state index contributed by atoms with van der Waals surface area (Å²) in [4.78, 5) is 33.4. The zero-order chi connectivity index (χ0) is 19.0. The maximum Gasteiger partial charge on any atom is 0.307 e. The Kier molecular flexibility index (Phi) is 7.72. The van der Waals surface area contributed by atoms with Gasteiger partial charge in [0.2, 0.25) is 0 Å². The van der Waals surface area contributed by atoms with Crippen molar-refractivity contribution < 1.29 is 24.4 Å². The Labute approximate surface area is 147 Å². The van der Waals surface area contributed by atoms with Gasteiger partial charge in [0.15, 0.2) is 0 Å². The molecule has 1 aromatic rings. The molecule has 0 fully saturated rings. The van der Waals surface area contributed by atoms with Crippen molar-refractivity contribution in [3.8, 4) is 0 Å². The van der Waals surface area contributed by atoms with E-state index in [4.69, 9.17) is 4.74 Å². The number of nitrogens with zero attached hydrogens (tertiary/aromatic N) is 1. The van der Waals surface area contributed by atoms with Crippen LogP contribution in [0.5, 0.6) is 0 Å². The van der Waals surface area contributed by atoms with Gasteiger partial charge in [0.05, 0.1) is 24.1 Å². The highest BCUT2D eigenvalue weighted by Crippen LogP contribution is 2.23. The number of hydrogen-bond acceptors (Lipinski definition) is 7. The number of nitro groups is 1. The van der Waals surface area contributed by atoms with Crippen LogP contribution in [-0.2, 0) is 27.4 Å². The first-order valence-electron chi connectivity index (χ1n) is 7.92. The molecular weight excluding hydrogens is 327 g/mol. The van der Waals surface area contributed by atoms with Crippen molar-refractivity contribution >= 4 is 25.3 Å². The van der Waals surface area contributed by atoms with E-state index < -0.39 is 22.5 Å². The molecule has 1 atom stereocenters. The maximum atomic E-state index is 12.0. The predicted molar refractivity (Wildman–Crippen MR) is 94.0 cm³/mol. The summed E-state index contributed by atoms with van der Waals surface area (Å²) in [7, 11) is 0.0148. The molecule has 1 rings (SSSR count). The lowest BCUT2D eigenvalue weighted by molar-refractivity contribution is -0.385. The normalized spacial score (nSPS) is 12.3. The van der Waals surface area contributed by atoms with Crippen LogP contribution in [0.3, 0.4) is 0 Å². The van der Waals surface area contributed by atoms with Gasteiger partial charge in [-0.05, 0) is 44.9 Å². The Morgan fingerprint density at radius 1 is 1.48 bits per heavy atom. The number of rotatable bonds is 9. The highest BCUT2D eigenvalue weighted by molar-refractivity contribution is 6.64. The number of aliphatic hydroxyl groups is 1. The molecule has 0 amide bonds. The molecule has 0 aliphatic carbocycles. The van der Waals surface area contributed by atoms with Crippen molar-refractivity contribution in [2.24, 2.45) is 0 Å². The third-order valence-electron chi connectivity index (χ3n) is 3.31. The molecule has 0 unspecified atom stereocenters. The van der Waals surface area contributed by atoms with Gasteiger partial charge >= 0.3 is 5.97 Å². The molecule has 0 saturated heterocycles. The summed E-state index contributed by atoms with van der Waals surface area (Å²) in [5, 5.41) is 23.3. The van der Waals surface area contributed by atoms with Crippen molar-refractivity contribution in [1.82, 2.24) is 5.23 Å². The van der Waals surface area contributed by atoms with Crippen LogP contribution in [0.25, 0.3) is 0 Å². The van der Waals surface area contributed by atoms with Gasteiger partial charge in [-0.25, -0.2) is 0 Å². The van der Waals surface area contributed by atoms with Gasteiger partial charge < -0.3 is 19.9 Å². The van der Waals surface area contributed by atoms with E-state index in [2.05, 4.69) is 5.23 Å². The lowest BCUT2D eigenvalue weighted by Gasteiger charge is -2.22. The summed E-state index contributed by atoms with van der Waals surface area (Å²) in [6.07, 6.45) is 0.767. The summed E-state index contributed by atoms with van der Waals surface area (Å²) in [5.74, 6) is -0.461. The smallest absolute Gasteiger partial charge is 0.307 e. The molecule has 25 heavy (non-hydrogen) atoms. The van der Waals surface area contributed by atoms with E-state index in [0.29, 0.717) is 17.3 Å². The van der Waals surface area contributed by atoms with Crippen molar-refractivity contribution in [3.63, 3.8) is 0 Å². The van der Waals surface area contributed by atoms with Crippen molar-refractivity contribution in [2.45, 2.75) is 51.9 Å². The number of hydrogen-bond donors (Lipinski definition) is 2. The van der Waals surface area contributed by atoms with E-state index in [0.717, 1.165) is 0 Å². The van der Waals surface area contributed by atoms with Crippen molar-refractivity contribution in [3.05, 3.63) is 39.4 Å². The van der Waals surface area contributed by atoms with Crippen LogP contribution in [0.2, 0.25) is 0 Å². The average Bonchev–Trinajstić information content (AvgIpc) is 2.50.